The molecule has 0 radical (unpaired) electrons. The Bertz CT molecular complexity index is 1140. The molecule has 0 atom stereocenters. The first-order valence-corrected chi connectivity index (χ1v) is 10.9. The van der Waals surface area contributed by atoms with Crippen molar-refractivity contribution in [1.82, 2.24) is 14.7 Å². The van der Waals surface area contributed by atoms with Crippen molar-refractivity contribution in [3.63, 3.8) is 0 Å². The average molecular weight is 421 g/mol. The second kappa shape index (κ2) is 9.20. The molecule has 0 bridgehead atoms. The van der Waals surface area contributed by atoms with E-state index >= 15 is 0 Å². The summed E-state index contributed by atoms with van der Waals surface area (Å²) in [6.45, 7) is 1.76. The zero-order chi connectivity index (χ0) is 21.8. The topological polar surface area (TPSA) is 82.3 Å². The Kier molecular flexibility index (Phi) is 6.21. The van der Waals surface area contributed by atoms with E-state index in [1.165, 1.54) is 6.42 Å². The minimum atomic E-state index is -0.494. The van der Waals surface area contributed by atoms with Crippen molar-refractivity contribution >= 4 is 22.8 Å². The van der Waals surface area contributed by atoms with Gasteiger partial charge in [0.15, 0.2) is 0 Å². The highest BCUT2D eigenvalue weighted by Crippen LogP contribution is 2.31. The molecule has 1 aliphatic carbocycles. The lowest BCUT2D eigenvalue weighted by Gasteiger charge is -2.26. The van der Waals surface area contributed by atoms with Crippen molar-refractivity contribution in [3.8, 4) is 5.69 Å². The number of aromatic nitrogens is 2. The van der Waals surface area contributed by atoms with Gasteiger partial charge in [0.25, 0.3) is 11.5 Å². The summed E-state index contributed by atoms with van der Waals surface area (Å²) in [4.78, 5) is 37.5. The fourth-order valence-electron chi connectivity index (χ4n) is 4.33. The monoisotopic (exact) mass is 421 g/mol. The molecule has 1 N–H and O–H groups in total. The number of amides is 1. The molecule has 3 aromatic rings. The zero-order valence-corrected chi connectivity index (χ0v) is 17.7. The van der Waals surface area contributed by atoms with Crippen LogP contribution in [0.4, 0.5) is 0 Å². The summed E-state index contributed by atoms with van der Waals surface area (Å²) >= 11 is 0. The van der Waals surface area contributed by atoms with E-state index in [2.05, 4.69) is 10.00 Å². The molecule has 0 saturated heterocycles. The number of benzene rings is 2. The molecule has 31 heavy (non-hydrogen) atoms. The number of nitrogens with zero attached hydrogens (tertiary/aromatic N) is 2. The highest BCUT2D eigenvalue weighted by atomic mass is 16.5. The first kappa shape index (κ1) is 20.9. The molecule has 0 spiro atoms. The van der Waals surface area contributed by atoms with Gasteiger partial charge in [-0.15, -0.1) is 0 Å². The summed E-state index contributed by atoms with van der Waals surface area (Å²) in [5, 5.41) is 3.05. The number of carbonyl (C=O) groups excluding carboxylic acids is 2. The van der Waals surface area contributed by atoms with E-state index in [9.17, 15) is 14.4 Å². The van der Waals surface area contributed by atoms with Crippen LogP contribution in [0.3, 0.4) is 0 Å². The van der Waals surface area contributed by atoms with Gasteiger partial charge < -0.3 is 10.1 Å². The fourth-order valence-corrected chi connectivity index (χ4v) is 4.33. The van der Waals surface area contributed by atoms with Crippen molar-refractivity contribution in [3.05, 3.63) is 64.4 Å². The van der Waals surface area contributed by atoms with Gasteiger partial charge in [-0.3, -0.25) is 19.1 Å². The van der Waals surface area contributed by atoms with Crippen LogP contribution >= 0.6 is 0 Å². The summed E-state index contributed by atoms with van der Waals surface area (Å²) in [6.07, 6.45) is 5.55. The average Bonchev–Trinajstić information content (AvgIpc) is 3.10. The van der Waals surface area contributed by atoms with Gasteiger partial charge in [0.1, 0.15) is 6.54 Å². The Morgan fingerprint density at radius 2 is 1.81 bits per heavy atom. The lowest BCUT2D eigenvalue weighted by Crippen LogP contribution is -2.30. The van der Waals surface area contributed by atoms with Crippen LogP contribution < -0.4 is 10.9 Å². The smallest absolute Gasteiger partial charge is 0.325 e. The normalized spacial score (nSPS) is 14.5. The molecular weight excluding hydrogens is 394 g/mol. The van der Waals surface area contributed by atoms with Crippen molar-refractivity contribution in [2.24, 2.45) is 0 Å². The Labute approximate surface area is 180 Å². The summed E-state index contributed by atoms with van der Waals surface area (Å²) < 4.78 is 8.68. The highest BCUT2D eigenvalue weighted by Gasteiger charge is 2.24. The van der Waals surface area contributed by atoms with E-state index in [1.54, 1.807) is 23.7 Å². The summed E-state index contributed by atoms with van der Waals surface area (Å²) in [6, 6.07) is 15.0. The molecule has 162 valence electrons. The van der Waals surface area contributed by atoms with Gasteiger partial charge in [0, 0.05) is 5.56 Å². The molecule has 1 heterocycles. The largest absolute Gasteiger partial charge is 0.465 e. The van der Waals surface area contributed by atoms with Crippen LogP contribution in [-0.4, -0.2) is 34.4 Å². The van der Waals surface area contributed by atoms with Gasteiger partial charge >= 0.3 is 5.97 Å². The van der Waals surface area contributed by atoms with E-state index in [1.807, 2.05) is 36.4 Å². The van der Waals surface area contributed by atoms with E-state index < -0.39 is 11.9 Å². The molecule has 1 saturated carbocycles. The molecule has 1 fully saturated rings. The van der Waals surface area contributed by atoms with Gasteiger partial charge in [-0.25, -0.2) is 4.68 Å². The van der Waals surface area contributed by atoms with Crippen LogP contribution in [0, 0.1) is 0 Å². The van der Waals surface area contributed by atoms with Gasteiger partial charge in [-0.05, 0) is 50.1 Å². The molecule has 4 rings (SSSR count). The first-order chi connectivity index (χ1) is 15.1. The maximum Gasteiger partial charge on any atom is 0.325 e. The first-order valence-electron chi connectivity index (χ1n) is 10.9. The number of fused-ring (bicyclic) bond motifs is 1. The second-order valence-electron chi connectivity index (χ2n) is 7.81. The van der Waals surface area contributed by atoms with Crippen molar-refractivity contribution in [2.45, 2.75) is 45.1 Å². The van der Waals surface area contributed by atoms with Gasteiger partial charge in [-0.2, -0.15) is 0 Å². The Hall–Kier alpha value is -3.35. The van der Waals surface area contributed by atoms with Crippen LogP contribution in [0.15, 0.2) is 53.3 Å². The number of nitrogens with one attached hydrogen (secondary N) is 1. The third kappa shape index (κ3) is 4.26. The maximum absolute atomic E-state index is 13.5. The van der Waals surface area contributed by atoms with E-state index in [4.69, 9.17) is 4.74 Å². The van der Waals surface area contributed by atoms with Gasteiger partial charge in [0.2, 0.25) is 0 Å². The number of hydrogen-bond donors (Lipinski definition) is 1. The van der Waals surface area contributed by atoms with Crippen molar-refractivity contribution in [1.29, 1.82) is 0 Å². The third-order valence-corrected chi connectivity index (χ3v) is 5.76. The number of ether oxygens (including phenoxy) is 1. The van der Waals surface area contributed by atoms with Gasteiger partial charge in [0.05, 0.1) is 29.2 Å². The summed E-state index contributed by atoms with van der Waals surface area (Å²) in [7, 11) is 0. The minimum absolute atomic E-state index is 0.146. The quantitative estimate of drug-likeness (QED) is 0.617. The number of rotatable bonds is 6. The molecule has 1 amide bonds. The predicted octanol–water partition coefficient (Wildman–Crippen LogP) is 3.59. The third-order valence-electron chi connectivity index (χ3n) is 5.76. The molecule has 2 aromatic carbocycles. The lowest BCUT2D eigenvalue weighted by atomic mass is 9.95. The minimum Gasteiger partial charge on any atom is -0.465 e. The van der Waals surface area contributed by atoms with Crippen molar-refractivity contribution < 1.29 is 14.3 Å². The fraction of sp³-hybridized carbons (Fsp3) is 0.375. The van der Waals surface area contributed by atoms with Gasteiger partial charge in [-0.1, -0.05) is 37.5 Å². The molecule has 7 heteroatoms. The van der Waals surface area contributed by atoms with Crippen LogP contribution in [-0.2, 0) is 9.53 Å². The summed E-state index contributed by atoms with van der Waals surface area (Å²) in [5.74, 6) is -0.905. The molecular formula is C24H27N3O4. The summed E-state index contributed by atoms with van der Waals surface area (Å²) in [5.41, 5.74) is 1.83. The van der Waals surface area contributed by atoms with E-state index in [-0.39, 0.29) is 24.8 Å². The molecule has 1 aliphatic rings. The van der Waals surface area contributed by atoms with Crippen LogP contribution in [0.5, 0.6) is 0 Å². The number of esters is 1. The SMILES string of the molecule is CCOC(=O)CNC(=O)c1ccc2c(c1)c(=O)n(-c1ccccc1)n2C1CCCCC1. The van der Waals surface area contributed by atoms with Crippen LogP contribution in [0.2, 0.25) is 0 Å². The zero-order valence-electron chi connectivity index (χ0n) is 17.7. The number of carbonyl (C=O) groups is 2. The molecule has 1 aromatic heterocycles. The van der Waals surface area contributed by atoms with Crippen LogP contribution in [0.1, 0.15) is 55.4 Å². The molecule has 7 nitrogen and oxygen atoms in total. The standard InChI is InChI=1S/C24H27N3O4/c1-2-31-22(28)16-25-23(29)17-13-14-21-20(15-17)24(30)27(19-11-7-4-8-12-19)26(21)18-9-5-3-6-10-18/h4,7-8,11-15,18H,2-3,5-6,9-10,16H2,1H3,(H,25,29). The Morgan fingerprint density at radius 3 is 2.52 bits per heavy atom. The lowest BCUT2D eigenvalue weighted by molar-refractivity contribution is -0.141. The molecule has 0 unspecified atom stereocenters. The number of hydrogen-bond acceptors (Lipinski definition) is 4. The van der Waals surface area contributed by atoms with Crippen LogP contribution in [0.25, 0.3) is 16.6 Å². The van der Waals surface area contributed by atoms with Crippen molar-refractivity contribution in [2.75, 3.05) is 13.2 Å². The number of para-hydroxylation sites is 1. The Balaban J connectivity index is 1.76. The Morgan fingerprint density at radius 1 is 1.06 bits per heavy atom. The maximum atomic E-state index is 13.5. The predicted molar refractivity (Wildman–Crippen MR) is 119 cm³/mol. The highest BCUT2D eigenvalue weighted by molar-refractivity contribution is 5.99. The van der Waals surface area contributed by atoms with E-state index in [0.717, 1.165) is 36.9 Å². The molecule has 0 aliphatic heterocycles. The second-order valence-corrected chi connectivity index (χ2v) is 7.81. The van der Waals surface area contributed by atoms with E-state index in [0.29, 0.717) is 10.9 Å².